The standard InChI is InChI=1S/C14H23FN2O/c15-13-5-7-14(8-6-13)17(11-4-9-16)10-2-1-3-12-18/h5-8,18H,1-4,9-12,16H2. The molecule has 1 aromatic rings. The number of rotatable bonds is 9. The van der Waals surface area contributed by atoms with E-state index in [1.54, 1.807) is 12.1 Å². The van der Waals surface area contributed by atoms with Crippen molar-refractivity contribution in [3.63, 3.8) is 0 Å². The number of anilines is 1. The van der Waals surface area contributed by atoms with Crippen molar-refractivity contribution in [3.8, 4) is 0 Å². The molecule has 0 saturated heterocycles. The highest BCUT2D eigenvalue weighted by atomic mass is 19.1. The van der Waals surface area contributed by atoms with E-state index in [0.717, 1.165) is 44.5 Å². The van der Waals surface area contributed by atoms with E-state index in [1.807, 2.05) is 0 Å². The summed E-state index contributed by atoms with van der Waals surface area (Å²) in [4.78, 5) is 2.23. The lowest BCUT2D eigenvalue weighted by molar-refractivity contribution is 0.283. The number of nitrogens with two attached hydrogens (primary N) is 1. The molecule has 102 valence electrons. The third kappa shape index (κ3) is 5.47. The van der Waals surface area contributed by atoms with Crippen molar-refractivity contribution in [2.75, 3.05) is 31.1 Å². The molecule has 0 atom stereocenters. The molecular weight excluding hydrogens is 231 g/mol. The van der Waals surface area contributed by atoms with Crippen LogP contribution in [0.15, 0.2) is 24.3 Å². The summed E-state index contributed by atoms with van der Waals surface area (Å²) in [5, 5.41) is 8.75. The monoisotopic (exact) mass is 254 g/mol. The molecule has 0 fully saturated rings. The second-order valence-corrected chi connectivity index (χ2v) is 4.39. The average Bonchev–Trinajstić information content (AvgIpc) is 2.39. The highest BCUT2D eigenvalue weighted by molar-refractivity contribution is 5.46. The maximum Gasteiger partial charge on any atom is 0.123 e. The average molecular weight is 254 g/mol. The topological polar surface area (TPSA) is 49.5 Å². The van der Waals surface area contributed by atoms with Gasteiger partial charge >= 0.3 is 0 Å². The zero-order valence-electron chi connectivity index (χ0n) is 10.8. The van der Waals surface area contributed by atoms with Crippen molar-refractivity contribution < 1.29 is 9.50 Å². The highest BCUT2D eigenvalue weighted by Gasteiger charge is 2.05. The van der Waals surface area contributed by atoms with Crippen molar-refractivity contribution in [2.45, 2.75) is 25.7 Å². The van der Waals surface area contributed by atoms with Crippen molar-refractivity contribution in [2.24, 2.45) is 5.73 Å². The van der Waals surface area contributed by atoms with E-state index in [9.17, 15) is 4.39 Å². The van der Waals surface area contributed by atoms with E-state index in [1.165, 1.54) is 12.1 Å². The molecule has 0 aliphatic heterocycles. The van der Waals surface area contributed by atoms with Gasteiger partial charge in [-0.2, -0.15) is 0 Å². The smallest absolute Gasteiger partial charge is 0.123 e. The van der Waals surface area contributed by atoms with E-state index in [4.69, 9.17) is 10.8 Å². The Kier molecular flexibility index (Phi) is 7.37. The number of aliphatic hydroxyl groups excluding tert-OH is 1. The molecule has 0 aromatic heterocycles. The van der Waals surface area contributed by atoms with Gasteiger partial charge in [-0.05, 0) is 56.5 Å². The number of unbranched alkanes of at least 4 members (excludes halogenated alkanes) is 2. The summed E-state index contributed by atoms with van der Waals surface area (Å²) < 4.78 is 12.9. The number of aliphatic hydroxyl groups is 1. The van der Waals surface area contributed by atoms with Gasteiger partial charge < -0.3 is 15.7 Å². The normalized spacial score (nSPS) is 10.6. The second kappa shape index (κ2) is 8.89. The van der Waals surface area contributed by atoms with Gasteiger partial charge in [0.2, 0.25) is 0 Å². The Bertz CT molecular complexity index is 316. The largest absolute Gasteiger partial charge is 0.396 e. The van der Waals surface area contributed by atoms with Gasteiger partial charge in [-0.3, -0.25) is 0 Å². The number of halogens is 1. The minimum absolute atomic E-state index is 0.210. The lowest BCUT2D eigenvalue weighted by Crippen LogP contribution is -2.27. The second-order valence-electron chi connectivity index (χ2n) is 4.39. The first-order valence-corrected chi connectivity index (χ1v) is 6.59. The minimum Gasteiger partial charge on any atom is -0.396 e. The molecule has 0 spiro atoms. The maximum atomic E-state index is 12.9. The molecule has 0 radical (unpaired) electrons. The Morgan fingerprint density at radius 3 is 2.28 bits per heavy atom. The molecule has 1 rings (SSSR count). The highest BCUT2D eigenvalue weighted by Crippen LogP contribution is 2.16. The van der Waals surface area contributed by atoms with Crippen LogP contribution in [0.25, 0.3) is 0 Å². The molecule has 0 amide bonds. The summed E-state index contributed by atoms with van der Waals surface area (Å²) in [7, 11) is 0. The van der Waals surface area contributed by atoms with Crippen LogP contribution < -0.4 is 10.6 Å². The molecule has 3 nitrogen and oxygen atoms in total. The minimum atomic E-state index is -0.210. The van der Waals surface area contributed by atoms with Crippen molar-refractivity contribution in [3.05, 3.63) is 30.1 Å². The van der Waals surface area contributed by atoms with Crippen molar-refractivity contribution in [1.29, 1.82) is 0 Å². The van der Waals surface area contributed by atoms with Gasteiger partial charge in [0.05, 0.1) is 0 Å². The third-order valence-corrected chi connectivity index (χ3v) is 2.91. The third-order valence-electron chi connectivity index (χ3n) is 2.91. The van der Waals surface area contributed by atoms with E-state index in [-0.39, 0.29) is 12.4 Å². The molecule has 0 aliphatic carbocycles. The van der Waals surface area contributed by atoms with E-state index in [0.29, 0.717) is 6.54 Å². The van der Waals surface area contributed by atoms with Gasteiger partial charge in [-0.15, -0.1) is 0 Å². The first kappa shape index (κ1) is 14.9. The number of benzene rings is 1. The quantitative estimate of drug-likeness (QED) is 0.664. The summed E-state index contributed by atoms with van der Waals surface area (Å²) in [6.07, 6.45) is 3.81. The van der Waals surface area contributed by atoms with Crippen LogP contribution in [0, 0.1) is 5.82 Å². The summed E-state index contributed by atoms with van der Waals surface area (Å²) in [6.45, 7) is 2.72. The molecular formula is C14H23FN2O. The molecule has 1 aromatic carbocycles. The molecule has 4 heteroatoms. The number of nitrogens with zero attached hydrogens (tertiary/aromatic N) is 1. The molecule has 3 N–H and O–H groups in total. The van der Waals surface area contributed by atoms with Gasteiger partial charge in [0, 0.05) is 25.4 Å². The fraction of sp³-hybridized carbons (Fsp3) is 0.571. The van der Waals surface area contributed by atoms with Gasteiger partial charge in [-0.25, -0.2) is 4.39 Å². The van der Waals surface area contributed by atoms with Crippen LogP contribution in [0.4, 0.5) is 10.1 Å². The Morgan fingerprint density at radius 1 is 1.00 bits per heavy atom. The first-order valence-electron chi connectivity index (χ1n) is 6.59. The van der Waals surface area contributed by atoms with Crippen molar-refractivity contribution >= 4 is 5.69 Å². The zero-order chi connectivity index (χ0) is 13.2. The van der Waals surface area contributed by atoms with Gasteiger partial charge in [0.1, 0.15) is 5.82 Å². The van der Waals surface area contributed by atoms with Crippen LogP contribution >= 0.6 is 0 Å². The Morgan fingerprint density at radius 2 is 1.67 bits per heavy atom. The predicted molar refractivity (Wildman–Crippen MR) is 73.2 cm³/mol. The van der Waals surface area contributed by atoms with Gasteiger partial charge in [-0.1, -0.05) is 0 Å². The van der Waals surface area contributed by atoms with E-state index < -0.39 is 0 Å². The predicted octanol–water partition coefficient (Wildman–Crippen LogP) is 2.14. The summed E-state index contributed by atoms with van der Waals surface area (Å²) in [6, 6.07) is 6.58. The van der Waals surface area contributed by atoms with Crippen molar-refractivity contribution in [1.82, 2.24) is 0 Å². The zero-order valence-corrected chi connectivity index (χ0v) is 10.8. The number of hydrogen-bond donors (Lipinski definition) is 2. The van der Waals surface area contributed by atoms with Crippen LogP contribution in [-0.4, -0.2) is 31.3 Å². The molecule has 0 bridgehead atoms. The Balaban J connectivity index is 2.51. The molecule has 18 heavy (non-hydrogen) atoms. The molecule has 0 unspecified atom stereocenters. The summed E-state index contributed by atoms with van der Waals surface area (Å²) in [5.74, 6) is -0.210. The maximum absolute atomic E-state index is 12.9. The lowest BCUT2D eigenvalue weighted by atomic mass is 10.2. The van der Waals surface area contributed by atoms with Crippen LogP contribution in [0.1, 0.15) is 25.7 Å². The fourth-order valence-corrected chi connectivity index (χ4v) is 1.90. The fourth-order valence-electron chi connectivity index (χ4n) is 1.90. The van der Waals surface area contributed by atoms with Crippen LogP contribution in [0.3, 0.4) is 0 Å². The number of hydrogen-bond acceptors (Lipinski definition) is 3. The molecule has 0 aliphatic rings. The van der Waals surface area contributed by atoms with E-state index >= 15 is 0 Å². The van der Waals surface area contributed by atoms with Crippen LogP contribution in [-0.2, 0) is 0 Å². The Hall–Kier alpha value is -1.13. The SMILES string of the molecule is NCCCN(CCCCCO)c1ccc(F)cc1. The molecule has 0 saturated carbocycles. The van der Waals surface area contributed by atoms with Crippen LogP contribution in [0.5, 0.6) is 0 Å². The van der Waals surface area contributed by atoms with Gasteiger partial charge in [0.15, 0.2) is 0 Å². The Labute approximate surface area is 108 Å². The van der Waals surface area contributed by atoms with Crippen LogP contribution in [0.2, 0.25) is 0 Å². The van der Waals surface area contributed by atoms with E-state index in [2.05, 4.69) is 4.90 Å². The molecule has 0 heterocycles. The lowest BCUT2D eigenvalue weighted by Gasteiger charge is -2.24. The first-order chi connectivity index (χ1) is 8.77. The van der Waals surface area contributed by atoms with Gasteiger partial charge in [0.25, 0.3) is 0 Å². The summed E-state index contributed by atoms with van der Waals surface area (Å²) in [5.41, 5.74) is 6.57. The summed E-state index contributed by atoms with van der Waals surface area (Å²) >= 11 is 0.